The second kappa shape index (κ2) is 8.04. The number of esters is 1. The number of nitrogens with one attached hydrogen (secondary N) is 1. The summed E-state index contributed by atoms with van der Waals surface area (Å²) in [6, 6.07) is -1.06. The van der Waals surface area contributed by atoms with Gasteiger partial charge in [-0.2, -0.15) is 0 Å². The number of aromatic amines is 1. The summed E-state index contributed by atoms with van der Waals surface area (Å²) in [5, 5.41) is 19.0. The number of H-pyrrole nitrogens is 1. The van der Waals surface area contributed by atoms with Gasteiger partial charge in [0.05, 0.1) is 5.56 Å². The van der Waals surface area contributed by atoms with Crippen molar-refractivity contribution < 1.29 is 33.7 Å². The zero-order valence-electron chi connectivity index (χ0n) is 17.2. The van der Waals surface area contributed by atoms with Crippen LogP contribution < -0.4 is 11.4 Å². The maximum atomic E-state index is 16.0. The smallest absolute Gasteiger partial charge is 0.328 e. The van der Waals surface area contributed by atoms with E-state index in [0.717, 1.165) is 29.7 Å². The maximum absolute atomic E-state index is 16.0. The second-order valence-corrected chi connectivity index (χ2v) is 8.63. The largest absolute Gasteiger partial charge is 0.471 e. The number of aliphatic hydroxyl groups excluding tert-OH is 2. The quantitative estimate of drug-likeness (QED) is 0.149. The van der Waals surface area contributed by atoms with E-state index in [9.17, 15) is 24.6 Å². The number of ether oxygens (including phenoxy) is 2. The Labute approximate surface area is 179 Å². The van der Waals surface area contributed by atoms with Crippen molar-refractivity contribution in [3.05, 3.63) is 26.9 Å². The molecule has 30 heavy (non-hydrogen) atoms. The highest BCUT2D eigenvalue weighted by Crippen LogP contribution is 2.45. The maximum Gasteiger partial charge on any atom is 0.328 e. The zero-order chi connectivity index (χ0) is 23.2. The molecule has 1 aliphatic rings. The number of carbonyl (C=O) groups excluding carboxylic acids is 2. The molecule has 0 bridgehead atoms. The summed E-state index contributed by atoms with van der Waals surface area (Å²) in [6.07, 6.45) is -2.88. The van der Waals surface area contributed by atoms with Crippen LogP contribution in [0.25, 0.3) is 0 Å². The number of rotatable bonds is 6. The van der Waals surface area contributed by atoms with Crippen LogP contribution in [0.4, 0.5) is 4.39 Å². The number of hydrogen-bond donors (Lipinski definition) is 4. The third kappa shape index (κ3) is 3.80. The molecule has 0 saturated carbocycles. The van der Waals surface area contributed by atoms with Crippen LogP contribution in [0.3, 0.4) is 0 Å². The standard InChI is InChI=1S/C15H23B3FN3O7S/c1-5(2)7(20)11(26)28-15(17,18)13(19)8(24)9(25)14(16,29-13)22-3-6(4-23)10(30)21-12(22)27/h3-5,7-9,24-25H,16-18,20H2,1-2H3,(H,21,27,30)/t7-,8-,9+,13-,14-/m0/s1. The van der Waals surface area contributed by atoms with Gasteiger partial charge in [-0.25, -0.2) is 9.18 Å². The predicted molar refractivity (Wildman–Crippen MR) is 113 cm³/mol. The second-order valence-electron chi connectivity index (χ2n) is 8.22. The highest BCUT2D eigenvalue weighted by atomic mass is 32.1. The van der Waals surface area contributed by atoms with Gasteiger partial charge in [0.2, 0.25) is 0 Å². The lowest BCUT2D eigenvalue weighted by molar-refractivity contribution is -0.250. The van der Waals surface area contributed by atoms with E-state index >= 15 is 4.39 Å². The van der Waals surface area contributed by atoms with Crippen LogP contribution >= 0.6 is 12.2 Å². The molecular weight excluding hydrogens is 418 g/mol. The number of aliphatic hydroxyl groups is 2. The van der Waals surface area contributed by atoms with Crippen LogP contribution in [0.2, 0.25) is 0 Å². The Kier molecular flexibility index (Phi) is 6.56. The van der Waals surface area contributed by atoms with E-state index in [-0.39, 0.29) is 16.1 Å². The van der Waals surface area contributed by atoms with Crippen molar-refractivity contribution in [1.29, 1.82) is 0 Å². The van der Waals surface area contributed by atoms with Crippen molar-refractivity contribution in [1.82, 2.24) is 9.55 Å². The normalized spacial score (nSPS) is 30.2. The van der Waals surface area contributed by atoms with Gasteiger partial charge < -0.3 is 25.4 Å². The number of aldehydes is 1. The molecule has 0 radical (unpaired) electrons. The fourth-order valence-electron chi connectivity index (χ4n) is 3.15. The van der Waals surface area contributed by atoms with Crippen LogP contribution in [0, 0.1) is 10.6 Å². The summed E-state index contributed by atoms with van der Waals surface area (Å²) in [7, 11) is 3.41. The topological polar surface area (TPSA) is 157 Å². The number of aromatic nitrogens is 2. The number of nitrogens with zero attached hydrogens (tertiary/aromatic N) is 1. The first-order valence-electron chi connectivity index (χ1n) is 9.17. The summed E-state index contributed by atoms with van der Waals surface area (Å²) in [6.45, 7) is 3.34. The average Bonchev–Trinajstić information content (AvgIpc) is 2.82. The molecule has 5 atom stereocenters. The number of halogens is 1. The Morgan fingerprint density at radius 2 is 2.07 bits per heavy atom. The summed E-state index contributed by atoms with van der Waals surface area (Å²) >= 11 is 4.86. The van der Waals surface area contributed by atoms with Gasteiger partial charge in [0, 0.05) is 6.20 Å². The third-order valence-electron chi connectivity index (χ3n) is 5.33. The Hall–Kier alpha value is -1.80. The lowest BCUT2D eigenvalue weighted by Gasteiger charge is -2.40. The average molecular weight is 441 g/mol. The van der Waals surface area contributed by atoms with Gasteiger partial charge in [-0.05, 0) is 5.92 Å². The first-order chi connectivity index (χ1) is 13.6. The molecule has 2 heterocycles. The van der Waals surface area contributed by atoms with Crippen molar-refractivity contribution in [2.45, 2.75) is 49.0 Å². The van der Waals surface area contributed by atoms with E-state index in [2.05, 4.69) is 4.98 Å². The van der Waals surface area contributed by atoms with Gasteiger partial charge in [0.1, 0.15) is 33.9 Å². The van der Waals surface area contributed by atoms with Gasteiger partial charge >= 0.3 is 11.7 Å². The van der Waals surface area contributed by atoms with Gasteiger partial charge in [-0.1, -0.05) is 26.1 Å². The monoisotopic (exact) mass is 441 g/mol. The van der Waals surface area contributed by atoms with E-state index in [1.165, 1.54) is 0 Å². The molecule has 1 aliphatic heterocycles. The summed E-state index contributed by atoms with van der Waals surface area (Å²) in [4.78, 5) is 38.1. The van der Waals surface area contributed by atoms with E-state index < -0.39 is 46.8 Å². The number of carbonyl (C=O) groups is 2. The van der Waals surface area contributed by atoms with Crippen molar-refractivity contribution >= 4 is 48.0 Å². The van der Waals surface area contributed by atoms with Crippen LogP contribution in [0.15, 0.2) is 11.0 Å². The molecule has 0 amide bonds. The molecule has 0 spiro atoms. The van der Waals surface area contributed by atoms with E-state index in [1.54, 1.807) is 13.8 Å². The highest BCUT2D eigenvalue weighted by Gasteiger charge is 2.69. The fraction of sp³-hybridized carbons (Fsp3) is 0.600. The highest BCUT2D eigenvalue weighted by molar-refractivity contribution is 7.71. The summed E-state index contributed by atoms with van der Waals surface area (Å²) < 4.78 is 27.1. The van der Waals surface area contributed by atoms with Crippen molar-refractivity contribution in [2.24, 2.45) is 11.7 Å². The molecule has 1 saturated heterocycles. The fourth-order valence-corrected chi connectivity index (χ4v) is 3.34. The summed E-state index contributed by atoms with van der Waals surface area (Å²) in [5.74, 6) is -4.38. The molecular formula is C15H23B3FN3O7S. The minimum absolute atomic E-state index is 0.124. The first kappa shape index (κ1) is 24.5. The molecule has 162 valence electrons. The van der Waals surface area contributed by atoms with Crippen molar-refractivity contribution in [2.75, 3.05) is 0 Å². The van der Waals surface area contributed by atoms with E-state index in [0.29, 0.717) is 10.9 Å². The van der Waals surface area contributed by atoms with Gasteiger partial charge in [0.25, 0.3) is 5.85 Å². The molecule has 0 aliphatic carbocycles. The third-order valence-corrected chi connectivity index (χ3v) is 5.66. The Balaban J connectivity index is 2.51. The van der Waals surface area contributed by atoms with Crippen LogP contribution in [0.1, 0.15) is 24.2 Å². The van der Waals surface area contributed by atoms with Gasteiger partial charge in [-0.15, -0.1) is 0 Å². The van der Waals surface area contributed by atoms with Gasteiger partial charge in [0.15, 0.2) is 29.8 Å². The molecule has 1 fully saturated rings. The van der Waals surface area contributed by atoms with Gasteiger partial charge in [-0.3, -0.25) is 19.1 Å². The first-order valence-corrected chi connectivity index (χ1v) is 9.58. The molecule has 2 rings (SSSR count). The Morgan fingerprint density at radius 1 is 1.50 bits per heavy atom. The molecule has 10 nitrogen and oxygen atoms in total. The van der Waals surface area contributed by atoms with Crippen LogP contribution in [0.5, 0.6) is 0 Å². The summed E-state index contributed by atoms with van der Waals surface area (Å²) in [5.41, 5.74) is 2.52. The zero-order valence-corrected chi connectivity index (χ0v) is 18.0. The van der Waals surface area contributed by atoms with E-state index in [1.807, 2.05) is 0 Å². The predicted octanol–water partition coefficient (Wildman–Crippen LogP) is -4.17. The molecule has 1 aromatic heterocycles. The lowest BCUT2D eigenvalue weighted by Crippen LogP contribution is -2.62. The Bertz CT molecular complexity index is 974. The van der Waals surface area contributed by atoms with Crippen molar-refractivity contribution in [3.63, 3.8) is 0 Å². The number of hydrogen-bond acceptors (Lipinski definition) is 9. The van der Waals surface area contributed by atoms with Crippen LogP contribution in [-0.2, 0) is 19.9 Å². The number of alkyl halides is 1. The number of nitrogens with two attached hydrogens (primary N) is 1. The molecule has 0 unspecified atom stereocenters. The van der Waals surface area contributed by atoms with Crippen molar-refractivity contribution in [3.8, 4) is 0 Å². The minimum Gasteiger partial charge on any atom is -0.471 e. The molecule has 15 heteroatoms. The molecule has 1 aromatic rings. The minimum atomic E-state index is -3.14. The van der Waals surface area contributed by atoms with E-state index in [4.69, 9.17) is 27.4 Å². The van der Waals surface area contributed by atoms with Crippen LogP contribution in [-0.4, -0.2) is 85.1 Å². The lowest BCUT2D eigenvalue weighted by atomic mass is 9.59. The molecule has 0 aromatic carbocycles. The molecule has 5 N–H and O–H groups in total. The SMILES string of the molecule is BC(B)(OC(=O)[C@@H](N)C(C)C)[C@@]1(F)O[C@@](B)(n2cc(C=O)c(=S)[nH]c2=O)[C@H](O)[C@@H]1O. The Morgan fingerprint density at radius 3 is 2.57 bits per heavy atom.